The summed E-state index contributed by atoms with van der Waals surface area (Å²) in [5, 5.41) is 0. The van der Waals surface area contributed by atoms with Gasteiger partial charge in [0.1, 0.15) is 5.82 Å². The zero-order valence-corrected chi connectivity index (χ0v) is 16.9. The van der Waals surface area contributed by atoms with Crippen LogP contribution in [0, 0.1) is 11.6 Å². The van der Waals surface area contributed by atoms with E-state index in [9.17, 15) is 35.9 Å². The summed E-state index contributed by atoms with van der Waals surface area (Å²) in [6.45, 7) is 0. The molecule has 0 aromatic heterocycles. The lowest BCUT2D eigenvalue weighted by molar-refractivity contribution is 0.0580. The van der Waals surface area contributed by atoms with Gasteiger partial charge in [0.2, 0.25) is 0 Å². The number of benzene rings is 2. The summed E-state index contributed by atoms with van der Waals surface area (Å²) >= 11 is 2.76. The molecule has 0 amide bonds. The number of methoxy groups -OCH3 is 2. The van der Waals surface area contributed by atoms with Crippen molar-refractivity contribution in [2.24, 2.45) is 0 Å². The van der Waals surface area contributed by atoms with Crippen molar-refractivity contribution >= 4 is 33.6 Å². The van der Waals surface area contributed by atoms with Crippen molar-refractivity contribution in [1.29, 1.82) is 0 Å². The minimum atomic E-state index is -3.12. The minimum absolute atomic E-state index is 0.120. The predicted molar refractivity (Wildman–Crippen MR) is 97.5 cm³/mol. The van der Waals surface area contributed by atoms with E-state index in [0.717, 1.165) is 32.4 Å². The van der Waals surface area contributed by atoms with Crippen LogP contribution in [0.3, 0.4) is 0 Å². The zero-order chi connectivity index (χ0) is 23.2. The molecule has 0 aliphatic heterocycles. The summed E-state index contributed by atoms with van der Waals surface area (Å²) < 4.78 is 84.8. The Morgan fingerprint density at radius 2 is 1.23 bits per heavy atom. The number of alkyl halides is 4. The van der Waals surface area contributed by atoms with Gasteiger partial charge in [-0.05, 0) is 40.2 Å². The third kappa shape index (κ3) is 5.65. The van der Waals surface area contributed by atoms with E-state index in [1.165, 1.54) is 6.07 Å². The molecule has 0 aliphatic carbocycles. The van der Waals surface area contributed by atoms with E-state index in [0.29, 0.717) is 0 Å². The first-order valence-corrected chi connectivity index (χ1v) is 8.55. The number of rotatable bonds is 4. The van der Waals surface area contributed by atoms with E-state index in [2.05, 4.69) is 25.4 Å². The van der Waals surface area contributed by atoms with Crippen LogP contribution in [0.25, 0.3) is 0 Å². The molecule has 0 unspecified atom stereocenters. The maximum Gasteiger partial charge on any atom is 0.338 e. The highest BCUT2D eigenvalue weighted by Gasteiger charge is 2.25. The van der Waals surface area contributed by atoms with Crippen LogP contribution in [0.5, 0.6) is 0 Å². The maximum atomic E-state index is 13.3. The second-order valence-electron chi connectivity index (χ2n) is 5.34. The van der Waals surface area contributed by atoms with Gasteiger partial charge in [0.25, 0.3) is 12.9 Å². The van der Waals surface area contributed by atoms with E-state index in [-0.39, 0.29) is 4.47 Å². The molecule has 0 saturated carbocycles. The molecule has 164 valence electrons. The number of nitrogen functional groups attached to an aromatic ring is 1. The molecule has 2 rings (SSSR count). The molecule has 2 aromatic rings. The molecule has 0 bridgehead atoms. The average Bonchev–Trinajstić information content (AvgIpc) is 2.70. The van der Waals surface area contributed by atoms with Gasteiger partial charge in [-0.1, -0.05) is 0 Å². The summed E-state index contributed by atoms with van der Waals surface area (Å²) in [7, 11) is 2.06. The van der Waals surface area contributed by atoms with Gasteiger partial charge >= 0.3 is 11.9 Å². The third-order valence-electron chi connectivity index (χ3n) is 3.59. The quantitative estimate of drug-likeness (QED) is 0.342. The molecule has 0 radical (unpaired) electrons. The van der Waals surface area contributed by atoms with Gasteiger partial charge in [0, 0.05) is 0 Å². The molecular formula is C18H14BrF6NO4. The Kier molecular flexibility index (Phi) is 9.15. The van der Waals surface area contributed by atoms with Gasteiger partial charge in [-0.15, -0.1) is 0 Å². The minimum Gasteiger partial charge on any atom is -0.465 e. The fraction of sp³-hybridized carbons (Fsp3) is 0.222. The van der Waals surface area contributed by atoms with Crippen LogP contribution in [0.4, 0.5) is 32.0 Å². The summed E-state index contributed by atoms with van der Waals surface area (Å²) in [5.74, 6) is -4.44. The van der Waals surface area contributed by atoms with Gasteiger partial charge < -0.3 is 15.2 Å². The number of nitrogens with two attached hydrogens (primary N) is 1. The number of hydrogen-bond acceptors (Lipinski definition) is 5. The Labute approximate surface area is 174 Å². The van der Waals surface area contributed by atoms with Crippen molar-refractivity contribution in [3.63, 3.8) is 0 Å². The number of carbonyl (C=O) groups is 2. The lowest BCUT2D eigenvalue weighted by atomic mass is 10.1. The number of hydrogen-bond donors (Lipinski definition) is 1. The van der Waals surface area contributed by atoms with E-state index in [4.69, 9.17) is 5.73 Å². The summed E-state index contributed by atoms with van der Waals surface area (Å²) in [6, 6.07) is 4.30. The smallest absolute Gasteiger partial charge is 0.338 e. The highest BCUT2D eigenvalue weighted by molar-refractivity contribution is 9.10. The molecule has 0 aliphatic rings. The van der Waals surface area contributed by atoms with Crippen molar-refractivity contribution in [3.8, 4) is 0 Å². The molecule has 30 heavy (non-hydrogen) atoms. The molecule has 0 atom stereocenters. The second-order valence-corrected chi connectivity index (χ2v) is 6.19. The number of halogens is 7. The standard InChI is InChI=1S/C9H6BrF3O2.C9H8F3NO2/c1-15-9(14)4-2-3-5(10)7(11)6(4)8(12)13;1-15-9(14)4-2-3-5(13)7(10)6(4)8(11)12/h2-3,8H,1H3;2-3,8H,13H2,1H3. The largest absolute Gasteiger partial charge is 0.465 e. The highest BCUT2D eigenvalue weighted by atomic mass is 79.9. The lowest BCUT2D eigenvalue weighted by Crippen LogP contribution is -2.09. The van der Waals surface area contributed by atoms with Crippen LogP contribution in [0.2, 0.25) is 0 Å². The summed E-state index contributed by atoms with van der Waals surface area (Å²) in [5.41, 5.74) is 1.72. The molecule has 2 N–H and O–H groups in total. The Balaban J connectivity index is 0.000000300. The summed E-state index contributed by atoms with van der Waals surface area (Å²) in [6.07, 6.45) is -6.20. The van der Waals surface area contributed by atoms with E-state index >= 15 is 0 Å². The average molecular weight is 502 g/mol. The number of ether oxygens (including phenoxy) is 2. The van der Waals surface area contributed by atoms with Crippen LogP contribution < -0.4 is 5.73 Å². The molecule has 0 spiro atoms. The molecule has 5 nitrogen and oxygen atoms in total. The molecular weight excluding hydrogens is 488 g/mol. The normalized spacial score (nSPS) is 10.5. The van der Waals surface area contributed by atoms with Crippen LogP contribution in [-0.4, -0.2) is 26.2 Å². The molecule has 0 saturated heterocycles. The van der Waals surface area contributed by atoms with Gasteiger partial charge in [-0.3, -0.25) is 0 Å². The first kappa shape index (κ1) is 25.3. The Morgan fingerprint density at radius 3 is 1.63 bits per heavy atom. The second kappa shape index (κ2) is 10.9. The first-order chi connectivity index (χ1) is 14.0. The zero-order valence-electron chi connectivity index (χ0n) is 15.3. The van der Waals surface area contributed by atoms with E-state index in [1.54, 1.807) is 0 Å². The predicted octanol–water partition coefficient (Wildman–Crippen LogP) is 5.44. The number of anilines is 1. The van der Waals surface area contributed by atoms with E-state index < -0.39 is 64.4 Å². The third-order valence-corrected chi connectivity index (χ3v) is 4.20. The number of carbonyl (C=O) groups excluding carboxylic acids is 2. The molecule has 2 aromatic carbocycles. The number of esters is 2. The van der Waals surface area contributed by atoms with Crippen molar-refractivity contribution in [3.05, 3.63) is 62.6 Å². The van der Waals surface area contributed by atoms with Crippen LogP contribution >= 0.6 is 15.9 Å². The SMILES string of the molecule is COC(=O)c1ccc(Br)c(F)c1C(F)F.COC(=O)c1ccc(N)c(F)c1C(F)F. The van der Waals surface area contributed by atoms with Crippen molar-refractivity contribution in [2.75, 3.05) is 20.0 Å². The highest BCUT2D eigenvalue weighted by Crippen LogP contribution is 2.31. The van der Waals surface area contributed by atoms with Crippen molar-refractivity contribution in [2.45, 2.75) is 12.9 Å². The fourth-order valence-electron chi connectivity index (χ4n) is 2.18. The lowest BCUT2D eigenvalue weighted by Gasteiger charge is -2.09. The molecule has 12 heteroatoms. The fourth-order valence-corrected chi connectivity index (χ4v) is 2.52. The van der Waals surface area contributed by atoms with Crippen LogP contribution in [-0.2, 0) is 9.47 Å². The van der Waals surface area contributed by atoms with Gasteiger partial charge in [-0.25, -0.2) is 35.9 Å². The summed E-state index contributed by atoms with van der Waals surface area (Å²) in [4.78, 5) is 22.1. The maximum absolute atomic E-state index is 13.3. The van der Waals surface area contributed by atoms with Gasteiger partial charge in [0.05, 0.1) is 46.6 Å². The Morgan fingerprint density at radius 1 is 0.833 bits per heavy atom. The first-order valence-electron chi connectivity index (χ1n) is 7.76. The van der Waals surface area contributed by atoms with Crippen LogP contribution in [0.15, 0.2) is 28.7 Å². The molecule has 0 fully saturated rings. The van der Waals surface area contributed by atoms with Gasteiger partial charge in [0.15, 0.2) is 5.82 Å². The Hall–Kier alpha value is -2.76. The van der Waals surface area contributed by atoms with Crippen molar-refractivity contribution in [1.82, 2.24) is 0 Å². The topological polar surface area (TPSA) is 78.6 Å². The van der Waals surface area contributed by atoms with Gasteiger partial charge in [-0.2, -0.15) is 0 Å². The Bertz CT molecular complexity index is 864. The molecule has 0 heterocycles. The van der Waals surface area contributed by atoms with E-state index in [1.807, 2.05) is 0 Å². The van der Waals surface area contributed by atoms with Crippen LogP contribution in [0.1, 0.15) is 44.7 Å². The van der Waals surface area contributed by atoms with Crippen molar-refractivity contribution < 1.29 is 45.4 Å². The monoisotopic (exact) mass is 501 g/mol.